The van der Waals surface area contributed by atoms with Crippen LogP contribution in [0.5, 0.6) is 5.75 Å². The highest BCUT2D eigenvalue weighted by Crippen LogP contribution is 2.22. The Labute approximate surface area is 178 Å². The highest BCUT2D eigenvalue weighted by molar-refractivity contribution is 5.88. The van der Waals surface area contributed by atoms with Gasteiger partial charge in [0.05, 0.1) is 18.7 Å². The summed E-state index contributed by atoms with van der Waals surface area (Å²) >= 11 is 0. The van der Waals surface area contributed by atoms with Crippen LogP contribution in [0.1, 0.15) is 25.7 Å². The smallest absolute Gasteiger partial charge is 0.157 e. The van der Waals surface area contributed by atoms with E-state index in [1.165, 1.54) is 19.2 Å². The number of hydrogen-bond acceptors (Lipinski definition) is 8. The van der Waals surface area contributed by atoms with Crippen LogP contribution in [-0.4, -0.2) is 85.1 Å². The zero-order valence-corrected chi connectivity index (χ0v) is 17.7. The number of nitrogens with zero attached hydrogens (tertiary/aromatic N) is 4. The number of rotatable bonds is 9. The van der Waals surface area contributed by atoms with Crippen molar-refractivity contribution in [3.63, 3.8) is 0 Å². The molecule has 8 nitrogen and oxygen atoms in total. The van der Waals surface area contributed by atoms with Gasteiger partial charge in [0.25, 0.3) is 0 Å². The molecule has 0 saturated carbocycles. The summed E-state index contributed by atoms with van der Waals surface area (Å²) in [6, 6.07) is 5.77. The van der Waals surface area contributed by atoms with E-state index in [1.807, 2.05) is 18.2 Å². The van der Waals surface area contributed by atoms with Gasteiger partial charge in [0, 0.05) is 57.3 Å². The maximum atomic E-state index is 5.91. The van der Waals surface area contributed by atoms with Crippen LogP contribution in [0.2, 0.25) is 0 Å². The van der Waals surface area contributed by atoms with Gasteiger partial charge in [0.2, 0.25) is 0 Å². The van der Waals surface area contributed by atoms with Crippen molar-refractivity contribution < 1.29 is 14.2 Å². The molecule has 4 rings (SSSR count). The van der Waals surface area contributed by atoms with Gasteiger partial charge in [0.15, 0.2) is 6.29 Å². The van der Waals surface area contributed by atoms with Gasteiger partial charge < -0.3 is 24.8 Å². The van der Waals surface area contributed by atoms with Crippen molar-refractivity contribution in [1.82, 2.24) is 19.8 Å². The van der Waals surface area contributed by atoms with Crippen LogP contribution in [0, 0.1) is 0 Å². The third kappa shape index (κ3) is 6.01. The van der Waals surface area contributed by atoms with Crippen LogP contribution < -0.4 is 10.5 Å². The third-order valence-corrected chi connectivity index (χ3v) is 5.84. The third-order valence-electron chi connectivity index (χ3n) is 5.84. The van der Waals surface area contributed by atoms with Crippen molar-refractivity contribution in [2.75, 3.05) is 64.8 Å². The number of nitrogens with two attached hydrogens (primary N) is 1. The van der Waals surface area contributed by atoms with Gasteiger partial charge in [-0.1, -0.05) is 0 Å². The Bertz CT molecular complexity index is 791. The first-order valence-electron chi connectivity index (χ1n) is 11.1. The normalized spacial score (nSPS) is 21.1. The van der Waals surface area contributed by atoms with Crippen LogP contribution >= 0.6 is 0 Å². The minimum absolute atomic E-state index is 0.0208. The number of benzene rings is 1. The van der Waals surface area contributed by atoms with E-state index in [0.717, 1.165) is 82.0 Å². The molecule has 1 atom stereocenters. The first-order chi connectivity index (χ1) is 14.8. The van der Waals surface area contributed by atoms with Gasteiger partial charge in [-0.2, -0.15) is 0 Å². The highest BCUT2D eigenvalue weighted by atomic mass is 16.7. The summed E-state index contributed by atoms with van der Waals surface area (Å²) in [7, 11) is 0. The molecule has 164 valence electrons. The van der Waals surface area contributed by atoms with E-state index in [2.05, 4.69) is 19.8 Å². The molecule has 1 aromatic carbocycles. The molecule has 8 heteroatoms. The SMILES string of the molecule is Nc1ncnc2cc(OCCCN3CCN(CCOC4CCCCO4)CC3)ccc12. The van der Waals surface area contributed by atoms with Gasteiger partial charge in [-0.3, -0.25) is 4.90 Å². The highest BCUT2D eigenvalue weighted by Gasteiger charge is 2.18. The van der Waals surface area contributed by atoms with Crippen LogP contribution in [-0.2, 0) is 9.47 Å². The molecule has 1 aromatic heterocycles. The fourth-order valence-electron chi connectivity index (χ4n) is 4.02. The fraction of sp³-hybridized carbons (Fsp3) is 0.636. The van der Waals surface area contributed by atoms with Gasteiger partial charge in [-0.25, -0.2) is 9.97 Å². The molecule has 3 heterocycles. The summed E-state index contributed by atoms with van der Waals surface area (Å²) in [4.78, 5) is 13.3. The van der Waals surface area contributed by atoms with E-state index in [9.17, 15) is 0 Å². The summed E-state index contributed by atoms with van der Waals surface area (Å²) in [5.74, 6) is 1.33. The molecule has 2 saturated heterocycles. The number of ether oxygens (including phenoxy) is 3. The lowest BCUT2D eigenvalue weighted by Crippen LogP contribution is -2.47. The maximum Gasteiger partial charge on any atom is 0.157 e. The Morgan fingerprint density at radius 2 is 1.87 bits per heavy atom. The Morgan fingerprint density at radius 1 is 1.03 bits per heavy atom. The predicted molar refractivity (Wildman–Crippen MR) is 116 cm³/mol. The Kier molecular flexibility index (Phi) is 7.69. The van der Waals surface area contributed by atoms with Crippen molar-refractivity contribution in [2.24, 2.45) is 0 Å². The van der Waals surface area contributed by atoms with E-state index in [4.69, 9.17) is 19.9 Å². The number of fused-ring (bicyclic) bond motifs is 1. The van der Waals surface area contributed by atoms with Crippen molar-refractivity contribution in [3.8, 4) is 5.75 Å². The minimum Gasteiger partial charge on any atom is -0.493 e. The first kappa shape index (κ1) is 21.2. The van der Waals surface area contributed by atoms with Crippen LogP contribution in [0.4, 0.5) is 5.82 Å². The molecule has 0 aliphatic carbocycles. The number of piperazine rings is 1. The van der Waals surface area contributed by atoms with E-state index in [-0.39, 0.29) is 6.29 Å². The van der Waals surface area contributed by atoms with Crippen molar-refractivity contribution in [1.29, 1.82) is 0 Å². The summed E-state index contributed by atoms with van der Waals surface area (Å²) in [6.45, 7) is 8.76. The fourth-order valence-corrected chi connectivity index (χ4v) is 4.02. The molecular formula is C22H33N5O3. The Hall–Kier alpha value is -2.00. The molecule has 2 aliphatic rings. The second kappa shape index (κ2) is 10.9. The Morgan fingerprint density at radius 3 is 2.67 bits per heavy atom. The summed E-state index contributed by atoms with van der Waals surface area (Å²) in [6.07, 6.45) is 5.93. The summed E-state index contributed by atoms with van der Waals surface area (Å²) in [5, 5.41) is 0.861. The largest absolute Gasteiger partial charge is 0.493 e. The lowest BCUT2D eigenvalue weighted by molar-refractivity contribution is -0.164. The molecule has 0 amide bonds. The van der Waals surface area contributed by atoms with Crippen molar-refractivity contribution in [2.45, 2.75) is 32.0 Å². The van der Waals surface area contributed by atoms with Gasteiger partial charge in [-0.05, 0) is 37.8 Å². The summed E-state index contributed by atoms with van der Waals surface area (Å²) < 4.78 is 17.4. The molecule has 0 spiro atoms. The predicted octanol–water partition coefficient (Wildman–Crippen LogP) is 2.14. The Balaban J connectivity index is 1.09. The average molecular weight is 416 g/mol. The van der Waals surface area contributed by atoms with Gasteiger partial charge in [0.1, 0.15) is 17.9 Å². The van der Waals surface area contributed by atoms with Crippen molar-refractivity contribution >= 4 is 16.7 Å². The van der Waals surface area contributed by atoms with E-state index < -0.39 is 0 Å². The lowest BCUT2D eigenvalue weighted by atomic mass is 10.2. The van der Waals surface area contributed by atoms with E-state index >= 15 is 0 Å². The average Bonchev–Trinajstić information content (AvgIpc) is 2.78. The topological polar surface area (TPSA) is 86.0 Å². The standard InChI is InChI=1S/C22H33N5O3/c23-22-19-6-5-18(16-20(19)24-17-25-22)28-14-3-7-26-8-10-27(11-9-26)12-15-30-21-4-1-2-13-29-21/h5-6,16-17,21H,1-4,7-15H2,(H2,23,24,25). The second-order valence-electron chi connectivity index (χ2n) is 7.99. The first-order valence-corrected chi connectivity index (χ1v) is 11.1. The molecule has 2 fully saturated rings. The molecule has 2 aliphatic heterocycles. The number of nitrogen functional groups attached to an aromatic ring is 1. The number of hydrogen-bond donors (Lipinski definition) is 1. The summed E-state index contributed by atoms with van der Waals surface area (Å²) in [5.41, 5.74) is 6.68. The molecule has 2 N–H and O–H groups in total. The quantitative estimate of drug-likeness (QED) is 0.624. The van der Waals surface area contributed by atoms with Crippen LogP contribution in [0.25, 0.3) is 10.9 Å². The van der Waals surface area contributed by atoms with Crippen molar-refractivity contribution in [3.05, 3.63) is 24.5 Å². The monoisotopic (exact) mass is 415 g/mol. The van der Waals surface area contributed by atoms with E-state index in [1.54, 1.807) is 0 Å². The zero-order valence-electron chi connectivity index (χ0n) is 17.7. The van der Waals surface area contributed by atoms with Crippen LogP contribution in [0.3, 0.4) is 0 Å². The zero-order chi connectivity index (χ0) is 20.6. The molecule has 30 heavy (non-hydrogen) atoms. The lowest BCUT2D eigenvalue weighted by Gasteiger charge is -2.35. The molecule has 2 aromatic rings. The molecule has 0 radical (unpaired) electrons. The van der Waals surface area contributed by atoms with Crippen LogP contribution in [0.15, 0.2) is 24.5 Å². The molecular weight excluding hydrogens is 382 g/mol. The molecule has 0 bridgehead atoms. The number of aromatic nitrogens is 2. The maximum absolute atomic E-state index is 5.91. The molecule has 1 unspecified atom stereocenters. The number of anilines is 1. The van der Waals surface area contributed by atoms with Gasteiger partial charge >= 0.3 is 0 Å². The second-order valence-corrected chi connectivity index (χ2v) is 7.99. The minimum atomic E-state index is 0.0208. The van der Waals surface area contributed by atoms with Gasteiger partial charge in [-0.15, -0.1) is 0 Å². The van der Waals surface area contributed by atoms with E-state index in [0.29, 0.717) is 12.4 Å².